The second kappa shape index (κ2) is 6.24. The van der Waals surface area contributed by atoms with Crippen LogP contribution in [-0.2, 0) is 6.42 Å². The molecule has 6 nitrogen and oxygen atoms in total. The van der Waals surface area contributed by atoms with Crippen LogP contribution in [0, 0.1) is 6.92 Å². The predicted molar refractivity (Wildman–Crippen MR) is 85.5 cm³/mol. The zero-order valence-electron chi connectivity index (χ0n) is 13.2. The Bertz CT molecular complexity index is 747. The van der Waals surface area contributed by atoms with Crippen molar-refractivity contribution < 1.29 is 14.1 Å². The molecule has 23 heavy (non-hydrogen) atoms. The second-order valence-electron chi connectivity index (χ2n) is 5.66. The van der Waals surface area contributed by atoms with E-state index in [2.05, 4.69) is 15.8 Å². The minimum Gasteiger partial charge on any atom is -0.361 e. The van der Waals surface area contributed by atoms with E-state index in [1.807, 2.05) is 6.92 Å². The highest BCUT2D eigenvalue weighted by Crippen LogP contribution is 2.23. The van der Waals surface area contributed by atoms with E-state index >= 15 is 0 Å². The van der Waals surface area contributed by atoms with Crippen molar-refractivity contribution in [2.75, 3.05) is 5.32 Å². The van der Waals surface area contributed by atoms with Gasteiger partial charge < -0.3 is 15.2 Å². The van der Waals surface area contributed by atoms with Crippen molar-refractivity contribution in [3.05, 3.63) is 46.8 Å². The number of nitrogens with zero attached hydrogens (tertiary/aromatic N) is 1. The topological polar surface area (TPSA) is 84.2 Å². The molecule has 0 atom stereocenters. The first-order valence-electron chi connectivity index (χ1n) is 7.76. The predicted octanol–water partition coefficient (Wildman–Crippen LogP) is 2.69. The molecule has 1 aromatic carbocycles. The van der Waals surface area contributed by atoms with E-state index in [0.717, 1.165) is 12.8 Å². The molecule has 6 heteroatoms. The SMILES string of the molecule is CCc1noc(C)c1C(=O)Nc1ccccc1C(=O)NC1CC1. The molecular weight excluding hydrogens is 294 g/mol. The number of para-hydroxylation sites is 1. The van der Waals surface area contributed by atoms with Crippen molar-refractivity contribution in [1.29, 1.82) is 0 Å². The molecule has 0 saturated heterocycles. The summed E-state index contributed by atoms with van der Waals surface area (Å²) < 4.78 is 5.09. The average Bonchev–Trinajstić information content (AvgIpc) is 3.27. The van der Waals surface area contributed by atoms with Crippen molar-refractivity contribution in [2.24, 2.45) is 0 Å². The van der Waals surface area contributed by atoms with Gasteiger partial charge in [-0.1, -0.05) is 24.2 Å². The summed E-state index contributed by atoms with van der Waals surface area (Å²) in [6.45, 7) is 3.61. The van der Waals surface area contributed by atoms with E-state index < -0.39 is 0 Å². The molecule has 1 aromatic heterocycles. The standard InChI is InChI=1S/C17H19N3O3/c1-3-13-15(10(2)23-20-13)17(22)19-14-7-5-4-6-12(14)16(21)18-11-8-9-11/h4-7,11H,3,8-9H2,1-2H3,(H,18,21)(H,19,22). The van der Waals surface area contributed by atoms with Gasteiger partial charge in [0.1, 0.15) is 11.3 Å². The van der Waals surface area contributed by atoms with E-state index in [-0.39, 0.29) is 17.9 Å². The number of aromatic nitrogens is 1. The number of nitrogens with one attached hydrogen (secondary N) is 2. The van der Waals surface area contributed by atoms with Crippen LogP contribution in [0.4, 0.5) is 5.69 Å². The van der Waals surface area contributed by atoms with Gasteiger partial charge in [-0.25, -0.2) is 0 Å². The molecular formula is C17H19N3O3. The van der Waals surface area contributed by atoms with Crippen LogP contribution in [0.1, 0.15) is 51.9 Å². The molecule has 120 valence electrons. The first-order valence-corrected chi connectivity index (χ1v) is 7.76. The smallest absolute Gasteiger partial charge is 0.261 e. The summed E-state index contributed by atoms with van der Waals surface area (Å²) in [7, 11) is 0. The first-order chi connectivity index (χ1) is 11.1. The molecule has 1 aliphatic rings. The average molecular weight is 313 g/mol. The molecule has 2 N–H and O–H groups in total. The van der Waals surface area contributed by atoms with Crippen molar-refractivity contribution in [3.63, 3.8) is 0 Å². The van der Waals surface area contributed by atoms with Crippen LogP contribution in [0.15, 0.2) is 28.8 Å². The lowest BCUT2D eigenvalue weighted by Gasteiger charge is -2.11. The Morgan fingerprint density at radius 3 is 2.70 bits per heavy atom. The first kappa shape index (κ1) is 15.3. The van der Waals surface area contributed by atoms with Crippen LogP contribution in [0.3, 0.4) is 0 Å². The summed E-state index contributed by atoms with van der Waals surface area (Å²) in [4.78, 5) is 24.8. The zero-order valence-corrected chi connectivity index (χ0v) is 13.2. The summed E-state index contributed by atoms with van der Waals surface area (Å²) in [6, 6.07) is 7.24. The number of carbonyl (C=O) groups is 2. The molecule has 0 aliphatic heterocycles. The third-order valence-corrected chi connectivity index (χ3v) is 3.83. The highest BCUT2D eigenvalue weighted by Gasteiger charge is 2.26. The van der Waals surface area contributed by atoms with Gasteiger partial charge in [0.25, 0.3) is 11.8 Å². The highest BCUT2D eigenvalue weighted by atomic mass is 16.5. The quantitative estimate of drug-likeness (QED) is 0.889. The van der Waals surface area contributed by atoms with Crippen LogP contribution in [0.25, 0.3) is 0 Å². The number of benzene rings is 1. The summed E-state index contributed by atoms with van der Waals surface area (Å²) in [5, 5.41) is 9.62. The molecule has 0 unspecified atom stereocenters. The van der Waals surface area contributed by atoms with E-state index in [0.29, 0.717) is 34.7 Å². The molecule has 1 saturated carbocycles. The van der Waals surface area contributed by atoms with E-state index in [1.165, 1.54) is 0 Å². The van der Waals surface area contributed by atoms with Gasteiger partial charge >= 0.3 is 0 Å². The molecule has 0 radical (unpaired) electrons. The van der Waals surface area contributed by atoms with Gasteiger partial charge in [0.15, 0.2) is 0 Å². The molecule has 2 aromatic rings. The Kier molecular flexibility index (Phi) is 4.14. The van der Waals surface area contributed by atoms with E-state index in [1.54, 1.807) is 31.2 Å². The molecule has 2 amide bonds. The minimum atomic E-state index is -0.313. The maximum atomic E-state index is 12.5. The number of hydrogen-bond acceptors (Lipinski definition) is 4. The molecule has 1 heterocycles. The van der Waals surface area contributed by atoms with E-state index in [9.17, 15) is 9.59 Å². The highest BCUT2D eigenvalue weighted by molar-refractivity contribution is 6.09. The second-order valence-corrected chi connectivity index (χ2v) is 5.66. The molecule has 3 rings (SSSR count). The van der Waals surface area contributed by atoms with Gasteiger partial charge in [-0.15, -0.1) is 0 Å². The molecule has 0 spiro atoms. The zero-order chi connectivity index (χ0) is 16.4. The summed E-state index contributed by atoms with van der Waals surface area (Å²) >= 11 is 0. The fourth-order valence-electron chi connectivity index (χ4n) is 2.42. The van der Waals surface area contributed by atoms with Gasteiger partial charge in [-0.3, -0.25) is 9.59 Å². The fraction of sp³-hybridized carbons (Fsp3) is 0.353. The fourth-order valence-corrected chi connectivity index (χ4v) is 2.42. The maximum Gasteiger partial charge on any atom is 0.261 e. The maximum absolute atomic E-state index is 12.5. The van der Waals surface area contributed by atoms with Crippen molar-refractivity contribution in [2.45, 2.75) is 39.2 Å². The third kappa shape index (κ3) is 3.26. The summed E-state index contributed by atoms with van der Waals surface area (Å²) in [6.07, 6.45) is 2.63. The Morgan fingerprint density at radius 2 is 2.00 bits per heavy atom. The van der Waals surface area contributed by atoms with Crippen molar-refractivity contribution in [3.8, 4) is 0 Å². The Labute approximate surface area is 134 Å². The molecule has 1 fully saturated rings. The number of anilines is 1. The number of carbonyl (C=O) groups excluding carboxylic acids is 2. The number of hydrogen-bond donors (Lipinski definition) is 2. The summed E-state index contributed by atoms with van der Waals surface area (Å²) in [5.41, 5.74) is 1.99. The van der Waals surface area contributed by atoms with E-state index in [4.69, 9.17) is 4.52 Å². The lowest BCUT2D eigenvalue weighted by atomic mass is 10.1. The largest absolute Gasteiger partial charge is 0.361 e. The molecule has 1 aliphatic carbocycles. The Balaban J connectivity index is 1.83. The van der Waals surface area contributed by atoms with Crippen molar-refractivity contribution in [1.82, 2.24) is 10.5 Å². The van der Waals surface area contributed by atoms with Crippen LogP contribution >= 0.6 is 0 Å². The Morgan fingerprint density at radius 1 is 1.26 bits per heavy atom. The summed E-state index contributed by atoms with van der Waals surface area (Å²) in [5.74, 6) is -0.00677. The van der Waals surface area contributed by atoms with Crippen LogP contribution < -0.4 is 10.6 Å². The van der Waals surface area contributed by atoms with Crippen molar-refractivity contribution >= 4 is 17.5 Å². The molecule has 0 bridgehead atoms. The number of rotatable bonds is 5. The lowest BCUT2D eigenvalue weighted by Crippen LogP contribution is -2.27. The van der Waals surface area contributed by atoms with Crippen LogP contribution in [-0.4, -0.2) is 23.0 Å². The van der Waals surface area contributed by atoms with Gasteiger partial charge in [-0.2, -0.15) is 0 Å². The van der Waals surface area contributed by atoms with Gasteiger partial charge in [0, 0.05) is 6.04 Å². The Hall–Kier alpha value is -2.63. The number of amides is 2. The van der Waals surface area contributed by atoms with Gasteiger partial charge in [0.2, 0.25) is 0 Å². The van der Waals surface area contributed by atoms with Gasteiger partial charge in [0.05, 0.1) is 16.9 Å². The van der Waals surface area contributed by atoms with Crippen LogP contribution in [0.5, 0.6) is 0 Å². The monoisotopic (exact) mass is 313 g/mol. The van der Waals surface area contributed by atoms with Gasteiger partial charge in [-0.05, 0) is 38.3 Å². The number of aryl methyl sites for hydroxylation is 2. The normalized spacial score (nSPS) is 13.7. The third-order valence-electron chi connectivity index (χ3n) is 3.83. The van der Waals surface area contributed by atoms with Crippen LogP contribution in [0.2, 0.25) is 0 Å². The minimum absolute atomic E-state index is 0.166. The lowest BCUT2D eigenvalue weighted by molar-refractivity contribution is 0.0952.